The Hall–Kier alpha value is -2.36. The molecular weight excluding hydrogens is 385 g/mol. The Bertz CT molecular complexity index is 841. The molecule has 0 aromatic carbocycles. The molecule has 29 heavy (non-hydrogen) atoms. The van der Waals surface area contributed by atoms with Gasteiger partial charge in [-0.1, -0.05) is 0 Å². The summed E-state index contributed by atoms with van der Waals surface area (Å²) in [5, 5.41) is 8.10. The van der Waals surface area contributed by atoms with Crippen LogP contribution in [0.4, 0.5) is 13.2 Å². The van der Waals surface area contributed by atoms with E-state index in [1.165, 1.54) is 4.90 Å². The zero-order valence-corrected chi connectivity index (χ0v) is 17.0. The van der Waals surface area contributed by atoms with E-state index in [2.05, 4.69) is 15.1 Å². The zero-order chi connectivity index (χ0) is 21.2. The number of hydrogen-bond acceptors (Lipinski definition) is 4. The van der Waals surface area contributed by atoms with Gasteiger partial charge >= 0.3 is 6.18 Å². The van der Waals surface area contributed by atoms with Crippen molar-refractivity contribution in [3.8, 4) is 0 Å². The van der Waals surface area contributed by atoms with Gasteiger partial charge in [0.15, 0.2) is 5.69 Å². The highest BCUT2D eigenvalue weighted by atomic mass is 19.4. The highest BCUT2D eigenvalue weighted by Crippen LogP contribution is 2.34. The molecule has 160 valence electrons. The number of carbonyl (C=O) groups is 1. The van der Waals surface area contributed by atoms with Crippen LogP contribution in [0.1, 0.15) is 54.8 Å². The van der Waals surface area contributed by atoms with E-state index in [9.17, 15) is 18.0 Å². The Kier molecular flexibility index (Phi) is 6.30. The number of nitrogens with zero attached hydrogens (tertiary/aromatic N) is 6. The van der Waals surface area contributed by atoms with E-state index in [4.69, 9.17) is 0 Å². The predicted molar refractivity (Wildman–Crippen MR) is 101 cm³/mol. The summed E-state index contributed by atoms with van der Waals surface area (Å²) in [5.74, 6) is -0.607. The second-order valence-corrected chi connectivity index (χ2v) is 7.57. The topological polar surface area (TPSA) is 59.2 Å². The Morgan fingerprint density at radius 2 is 1.90 bits per heavy atom. The quantitative estimate of drug-likeness (QED) is 0.758. The fourth-order valence-corrected chi connectivity index (χ4v) is 3.61. The van der Waals surface area contributed by atoms with Crippen LogP contribution in [0.5, 0.6) is 0 Å². The van der Waals surface area contributed by atoms with Crippen LogP contribution in [-0.2, 0) is 19.3 Å². The van der Waals surface area contributed by atoms with Crippen LogP contribution in [0.2, 0.25) is 0 Å². The van der Waals surface area contributed by atoms with Gasteiger partial charge in [-0.05, 0) is 27.2 Å². The van der Waals surface area contributed by atoms with Gasteiger partial charge in [0.1, 0.15) is 0 Å². The molecule has 0 radical (unpaired) electrons. The maximum absolute atomic E-state index is 13.6. The smallest absolute Gasteiger partial charge is 0.337 e. The number of halogens is 3. The summed E-state index contributed by atoms with van der Waals surface area (Å²) in [4.78, 5) is 16.6. The Morgan fingerprint density at radius 1 is 1.14 bits per heavy atom. The monoisotopic (exact) mass is 412 g/mol. The minimum atomic E-state index is -4.64. The van der Waals surface area contributed by atoms with Gasteiger partial charge in [0.05, 0.1) is 18.0 Å². The zero-order valence-electron chi connectivity index (χ0n) is 17.0. The molecule has 0 spiro atoms. The van der Waals surface area contributed by atoms with Crippen LogP contribution < -0.4 is 0 Å². The van der Waals surface area contributed by atoms with Gasteiger partial charge in [0.25, 0.3) is 5.91 Å². The minimum Gasteiger partial charge on any atom is -0.337 e. The van der Waals surface area contributed by atoms with Crippen LogP contribution in [0.25, 0.3) is 0 Å². The predicted octanol–water partition coefficient (Wildman–Crippen LogP) is 3.05. The molecule has 1 saturated heterocycles. The third-order valence-corrected chi connectivity index (χ3v) is 5.08. The van der Waals surface area contributed by atoms with Gasteiger partial charge in [-0.15, -0.1) is 0 Å². The van der Waals surface area contributed by atoms with Crippen molar-refractivity contribution in [2.24, 2.45) is 0 Å². The van der Waals surface area contributed by atoms with E-state index in [0.717, 1.165) is 29.5 Å². The summed E-state index contributed by atoms with van der Waals surface area (Å²) >= 11 is 0. The van der Waals surface area contributed by atoms with Crippen molar-refractivity contribution in [1.29, 1.82) is 0 Å². The number of amides is 1. The van der Waals surface area contributed by atoms with Crippen molar-refractivity contribution in [3.05, 3.63) is 35.4 Å². The molecule has 1 aliphatic heterocycles. The third-order valence-electron chi connectivity index (χ3n) is 5.08. The van der Waals surface area contributed by atoms with Gasteiger partial charge in [-0.3, -0.25) is 19.1 Å². The van der Waals surface area contributed by atoms with E-state index in [-0.39, 0.29) is 5.56 Å². The van der Waals surface area contributed by atoms with Crippen molar-refractivity contribution in [3.63, 3.8) is 0 Å². The largest absolute Gasteiger partial charge is 0.433 e. The summed E-state index contributed by atoms with van der Waals surface area (Å²) < 4.78 is 43.5. The molecule has 0 atom stereocenters. The van der Waals surface area contributed by atoms with Gasteiger partial charge in [-0.2, -0.15) is 23.4 Å². The summed E-state index contributed by atoms with van der Waals surface area (Å²) in [5.41, 5.74) is -0.251. The molecule has 1 fully saturated rings. The molecule has 3 rings (SSSR count). The van der Waals surface area contributed by atoms with Gasteiger partial charge in [-0.25, -0.2) is 0 Å². The van der Waals surface area contributed by atoms with Crippen LogP contribution >= 0.6 is 0 Å². The SMILES string of the molecule is CCn1cc(CN2CCCN(C(=O)c3cnn(C(C)C)c3C(F)(F)F)CC2)cn1. The highest BCUT2D eigenvalue weighted by Gasteiger charge is 2.41. The maximum atomic E-state index is 13.6. The Morgan fingerprint density at radius 3 is 2.52 bits per heavy atom. The van der Waals surface area contributed by atoms with E-state index in [1.807, 2.05) is 24.0 Å². The van der Waals surface area contributed by atoms with E-state index in [1.54, 1.807) is 13.8 Å². The minimum absolute atomic E-state index is 0.371. The standard InChI is InChI=1S/C19H27F3N6O/c1-4-27-13-15(10-23-27)12-25-6-5-7-26(9-8-25)18(29)16-11-24-28(14(2)3)17(16)19(20,21)22/h10-11,13-14H,4-9,12H2,1-3H3. The van der Waals surface area contributed by atoms with E-state index >= 15 is 0 Å². The molecule has 7 nitrogen and oxygen atoms in total. The molecular formula is C19H27F3N6O. The molecule has 2 aromatic rings. The first-order chi connectivity index (χ1) is 13.7. The lowest BCUT2D eigenvalue weighted by molar-refractivity contribution is -0.145. The van der Waals surface area contributed by atoms with Gasteiger partial charge in [0.2, 0.25) is 0 Å². The van der Waals surface area contributed by atoms with E-state index < -0.39 is 23.8 Å². The lowest BCUT2D eigenvalue weighted by atomic mass is 10.2. The van der Waals surface area contributed by atoms with Crippen molar-refractivity contribution in [2.45, 2.75) is 52.5 Å². The first kappa shape index (κ1) is 21.4. The highest BCUT2D eigenvalue weighted by molar-refractivity contribution is 5.95. The van der Waals surface area contributed by atoms with Crippen LogP contribution in [-0.4, -0.2) is 61.4 Å². The molecule has 1 aliphatic rings. The number of alkyl halides is 3. The summed E-state index contributed by atoms with van der Waals surface area (Å²) in [7, 11) is 0. The fraction of sp³-hybridized carbons (Fsp3) is 0.632. The summed E-state index contributed by atoms with van der Waals surface area (Å²) in [6.07, 6.45) is 0.931. The second kappa shape index (κ2) is 8.56. The molecule has 0 N–H and O–H groups in total. The number of hydrogen-bond donors (Lipinski definition) is 0. The molecule has 10 heteroatoms. The molecule has 0 unspecified atom stereocenters. The van der Waals surface area contributed by atoms with Crippen LogP contribution in [0.3, 0.4) is 0 Å². The van der Waals surface area contributed by atoms with Gasteiger partial charge < -0.3 is 4.90 Å². The van der Waals surface area contributed by atoms with Gasteiger partial charge in [0, 0.05) is 57.1 Å². The van der Waals surface area contributed by atoms with Crippen LogP contribution in [0, 0.1) is 0 Å². The lowest BCUT2D eigenvalue weighted by Gasteiger charge is -2.22. The normalized spacial score (nSPS) is 16.4. The summed E-state index contributed by atoms with van der Waals surface area (Å²) in [6, 6.07) is -0.489. The number of aromatic nitrogens is 4. The van der Waals surface area contributed by atoms with Crippen LogP contribution in [0.15, 0.2) is 18.6 Å². The number of carbonyl (C=O) groups excluding carboxylic acids is 1. The maximum Gasteiger partial charge on any atom is 0.433 e. The first-order valence-electron chi connectivity index (χ1n) is 9.88. The van der Waals surface area contributed by atoms with Crippen molar-refractivity contribution < 1.29 is 18.0 Å². The molecule has 0 saturated carbocycles. The molecule has 0 aliphatic carbocycles. The fourth-order valence-electron chi connectivity index (χ4n) is 3.61. The number of aryl methyl sites for hydroxylation is 1. The first-order valence-corrected chi connectivity index (χ1v) is 9.88. The lowest BCUT2D eigenvalue weighted by Crippen LogP contribution is -2.36. The van der Waals surface area contributed by atoms with Crippen molar-refractivity contribution in [2.75, 3.05) is 26.2 Å². The second-order valence-electron chi connectivity index (χ2n) is 7.57. The van der Waals surface area contributed by atoms with E-state index in [0.29, 0.717) is 32.6 Å². The summed E-state index contributed by atoms with van der Waals surface area (Å²) in [6.45, 7) is 8.93. The Balaban J connectivity index is 1.71. The molecule has 2 aromatic heterocycles. The molecule has 0 bridgehead atoms. The average Bonchev–Trinajstić information content (AvgIpc) is 3.24. The number of rotatable bonds is 5. The van der Waals surface area contributed by atoms with Crippen molar-refractivity contribution in [1.82, 2.24) is 29.4 Å². The third kappa shape index (κ3) is 4.80. The molecule has 1 amide bonds. The average molecular weight is 412 g/mol. The van der Waals surface area contributed by atoms with Crippen molar-refractivity contribution >= 4 is 5.91 Å². The Labute approximate surface area is 168 Å². The molecule has 3 heterocycles.